The van der Waals surface area contributed by atoms with Crippen molar-refractivity contribution in [2.24, 2.45) is 0 Å². The molecule has 116 valence electrons. The number of rotatable bonds is 7. The second kappa shape index (κ2) is 8.29. The summed E-state index contributed by atoms with van der Waals surface area (Å²) < 4.78 is 5.58. The van der Waals surface area contributed by atoms with Crippen molar-refractivity contribution in [3.05, 3.63) is 29.8 Å². The summed E-state index contributed by atoms with van der Waals surface area (Å²) in [5, 5.41) is 2.75. The summed E-state index contributed by atoms with van der Waals surface area (Å²) in [7, 11) is 1.62. The lowest BCUT2D eigenvalue weighted by Crippen LogP contribution is -2.41. The van der Waals surface area contributed by atoms with E-state index in [0.29, 0.717) is 6.61 Å². The number of benzene rings is 1. The van der Waals surface area contributed by atoms with E-state index in [0.717, 1.165) is 11.3 Å². The second-order valence-electron chi connectivity index (χ2n) is 5.34. The van der Waals surface area contributed by atoms with Crippen molar-refractivity contribution in [2.75, 3.05) is 20.2 Å². The summed E-state index contributed by atoms with van der Waals surface area (Å²) in [6, 6.07) is 7.74. The van der Waals surface area contributed by atoms with E-state index in [2.05, 4.69) is 5.32 Å². The van der Waals surface area contributed by atoms with Gasteiger partial charge in [0.1, 0.15) is 5.75 Å². The number of ether oxygens (including phenoxy) is 1. The van der Waals surface area contributed by atoms with Crippen LogP contribution in [0.4, 0.5) is 0 Å². The van der Waals surface area contributed by atoms with E-state index in [-0.39, 0.29) is 30.8 Å². The molecule has 0 aliphatic carbocycles. The van der Waals surface area contributed by atoms with Crippen molar-refractivity contribution < 1.29 is 14.3 Å². The first kappa shape index (κ1) is 17.0. The molecule has 0 spiro atoms. The quantitative estimate of drug-likeness (QED) is 0.833. The molecule has 5 nitrogen and oxygen atoms in total. The SMILES string of the molecule is Cc1ccccc1OCCC(=O)N(C)CC(=O)NC(C)C. The average Bonchev–Trinajstić information content (AvgIpc) is 2.39. The molecular weight excluding hydrogens is 268 g/mol. The van der Waals surface area contributed by atoms with Gasteiger partial charge < -0.3 is 15.0 Å². The number of nitrogens with zero attached hydrogens (tertiary/aromatic N) is 1. The second-order valence-corrected chi connectivity index (χ2v) is 5.34. The van der Waals surface area contributed by atoms with Crippen molar-refractivity contribution in [3.8, 4) is 5.75 Å². The summed E-state index contributed by atoms with van der Waals surface area (Å²) in [4.78, 5) is 24.9. The third-order valence-corrected chi connectivity index (χ3v) is 2.92. The molecule has 0 fully saturated rings. The third kappa shape index (κ3) is 6.29. The normalized spacial score (nSPS) is 10.3. The number of amides is 2. The molecule has 0 bridgehead atoms. The van der Waals surface area contributed by atoms with Gasteiger partial charge in [-0.05, 0) is 32.4 Å². The lowest BCUT2D eigenvalue weighted by molar-refractivity contribution is -0.135. The fraction of sp³-hybridized carbons (Fsp3) is 0.500. The summed E-state index contributed by atoms with van der Waals surface area (Å²) in [6.45, 7) is 6.10. The highest BCUT2D eigenvalue weighted by Crippen LogP contribution is 2.16. The summed E-state index contributed by atoms with van der Waals surface area (Å²) in [6.07, 6.45) is 0.250. The molecule has 0 heterocycles. The topological polar surface area (TPSA) is 58.6 Å². The molecule has 0 aliphatic rings. The molecule has 0 atom stereocenters. The van der Waals surface area contributed by atoms with Crippen LogP contribution in [-0.2, 0) is 9.59 Å². The van der Waals surface area contributed by atoms with E-state index in [9.17, 15) is 9.59 Å². The molecule has 1 rings (SSSR count). The van der Waals surface area contributed by atoms with Gasteiger partial charge in [-0.25, -0.2) is 0 Å². The highest BCUT2D eigenvalue weighted by Gasteiger charge is 2.13. The minimum Gasteiger partial charge on any atom is -0.493 e. The van der Waals surface area contributed by atoms with Crippen molar-refractivity contribution in [3.63, 3.8) is 0 Å². The molecule has 1 aromatic rings. The van der Waals surface area contributed by atoms with Crippen molar-refractivity contribution in [1.29, 1.82) is 0 Å². The molecule has 2 amide bonds. The Morgan fingerprint density at radius 2 is 1.95 bits per heavy atom. The number of carbonyl (C=O) groups is 2. The van der Waals surface area contributed by atoms with Gasteiger partial charge in [0, 0.05) is 13.1 Å². The van der Waals surface area contributed by atoms with E-state index in [4.69, 9.17) is 4.74 Å². The first-order valence-corrected chi connectivity index (χ1v) is 7.12. The smallest absolute Gasteiger partial charge is 0.239 e. The van der Waals surface area contributed by atoms with E-state index in [1.54, 1.807) is 7.05 Å². The zero-order chi connectivity index (χ0) is 15.8. The van der Waals surface area contributed by atoms with Gasteiger partial charge in [-0.2, -0.15) is 0 Å². The number of carbonyl (C=O) groups excluding carboxylic acids is 2. The van der Waals surface area contributed by atoms with Crippen LogP contribution in [0.15, 0.2) is 24.3 Å². The molecule has 1 N–H and O–H groups in total. The summed E-state index contributed by atoms with van der Waals surface area (Å²) in [5.74, 6) is 0.522. The van der Waals surface area contributed by atoms with Crippen LogP contribution in [0.2, 0.25) is 0 Å². The van der Waals surface area contributed by atoms with Crippen LogP contribution in [0, 0.1) is 6.92 Å². The predicted molar refractivity (Wildman–Crippen MR) is 82.2 cm³/mol. The number of hydrogen-bond acceptors (Lipinski definition) is 3. The number of likely N-dealkylation sites (N-methyl/N-ethyl adjacent to an activating group) is 1. The molecule has 0 saturated heterocycles. The van der Waals surface area contributed by atoms with Crippen LogP contribution >= 0.6 is 0 Å². The Balaban J connectivity index is 2.33. The number of nitrogens with one attached hydrogen (secondary N) is 1. The molecule has 5 heteroatoms. The molecular formula is C16H24N2O3. The van der Waals surface area contributed by atoms with E-state index in [1.165, 1.54) is 4.90 Å². The Hall–Kier alpha value is -2.04. The third-order valence-electron chi connectivity index (χ3n) is 2.92. The van der Waals surface area contributed by atoms with Gasteiger partial charge in [0.05, 0.1) is 19.6 Å². The zero-order valence-corrected chi connectivity index (χ0v) is 13.2. The zero-order valence-electron chi connectivity index (χ0n) is 13.2. The van der Waals surface area contributed by atoms with Gasteiger partial charge in [0.2, 0.25) is 11.8 Å². The lowest BCUT2D eigenvalue weighted by Gasteiger charge is -2.18. The van der Waals surface area contributed by atoms with Gasteiger partial charge in [-0.3, -0.25) is 9.59 Å². The minimum absolute atomic E-state index is 0.0708. The van der Waals surface area contributed by atoms with Gasteiger partial charge in [-0.15, -0.1) is 0 Å². The Bertz CT molecular complexity index is 486. The maximum absolute atomic E-state index is 11.9. The maximum atomic E-state index is 11.9. The largest absolute Gasteiger partial charge is 0.493 e. The standard InChI is InChI=1S/C16H24N2O3/c1-12(2)17-15(19)11-18(4)16(20)9-10-21-14-8-6-5-7-13(14)3/h5-8,12H,9-11H2,1-4H3,(H,17,19). The van der Waals surface area contributed by atoms with Crippen LogP contribution in [0.1, 0.15) is 25.8 Å². The van der Waals surface area contributed by atoms with Gasteiger partial charge in [0.25, 0.3) is 0 Å². The number of hydrogen-bond donors (Lipinski definition) is 1. The maximum Gasteiger partial charge on any atom is 0.239 e. The molecule has 0 aliphatic heterocycles. The first-order valence-electron chi connectivity index (χ1n) is 7.12. The van der Waals surface area contributed by atoms with E-state index < -0.39 is 0 Å². The van der Waals surface area contributed by atoms with Gasteiger partial charge in [0.15, 0.2) is 0 Å². The Morgan fingerprint density at radius 3 is 2.57 bits per heavy atom. The minimum atomic E-state index is -0.152. The summed E-state index contributed by atoms with van der Waals surface area (Å²) in [5.41, 5.74) is 1.04. The van der Waals surface area contributed by atoms with Crippen molar-refractivity contribution in [1.82, 2.24) is 10.2 Å². The Kier molecular flexibility index (Phi) is 6.72. The molecule has 0 saturated carbocycles. The molecule has 21 heavy (non-hydrogen) atoms. The Morgan fingerprint density at radius 1 is 1.29 bits per heavy atom. The van der Waals surface area contributed by atoms with Crippen molar-refractivity contribution >= 4 is 11.8 Å². The summed E-state index contributed by atoms with van der Waals surface area (Å²) >= 11 is 0. The van der Waals surface area contributed by atoms with Gasteiger partial charge in [-0.1, -0.05) is 18.2 Å². The predicted octanol–water partition coefficient (Wildman–Crippen LogP) is 1.75. The molecule has 1 aromatic carbocycles. The van der Waals surface area contributed by atoms with Crippen molar-refractivity contribution in [2.45, 2.75) is 33.2 Å². The highest BCUT2D eigenvalue weighted by atomic mass is 16.5. The molecule has 0 aromatic heterocycles. The van der Waals surface area contributed by atoms with Gasteiger partial charge >= 0.3 is 0 Å². The van der Waals surface area contributed by atoms with Crippen LogP contribution < -0.4 is 10.1 Å². The van der Waals surface area contributed by atoms with Crippen LogP contribution in [0.3, 0.4) is 0 Å². The highest BCUT2D eigenvalue weighted by molar-refractivity contribution is 5.84. The number of para-hydroxylation sites is 1. The van der Waals surface area contributed by atoms with Crippen LogP contribution in [0.5, 0.6) is 5.75 Å². The van der Waals surface area contributed by atoms with Crippen LogP contribution in [-0.4, -0.2) is 43.0 Å². The lowest BCUT2D eigenvalue weighted by atomic mass is 10.2. The fourth-order valence-corrected chi connectivity index (χ4v) is 1.83. The van der Waals surface area contributed by atoms with E-state index >= 15 is 0 Å². The van der Waals surface area contributed by atoms with Crippen LogP contribution in [0.25, 0.3) is 0 Å². The molecule has 0 unspecified atom stereocenters. The first-order chi connectivity index (χ1) is 9.90. The van der Waals surface area contributed by atoms with E-state index in [1.807, 2.05) is 45.0 Å². The average molecular weight is 292 g/mol. The fourth-order valence-electron chi connectivity index (χ4n) is 1.83. The monoisotopic (exact) mass is 292 g/mol. The number of aryl methyl sites for hydroxylation is 1. The Labute approximate surface area is 126 Å². The molecule has 0 radical (unpaired) electrons.